The molecule has 0 radical (unpaired) electrons. The van der Waals surface area contributed by atoms with Gasteiger partial charge >= 0.3 is 0 Å². The Balaban J connectivity index is 3.00. The van der Waals surface area contributed by atoms with Crippen LogP contribution >= 0.6 is 12.2 Å². The zero-order chi connectivity index (χ0) is 8.27. The highest BCUT2D eigenvalue weighted by Crippen LogP contribution is 2.01. The van der Waals surface area contributed by atoms with Crippen molar-refractivity contribution in [1.29, 1.82) is 0 Å². The van der Waals surface area contributed by atoms with E-state index in [1.807, 2.05) is 0 Å². The first-order valence-electron chi connectivity index (χ1n) is 3.09. The van der Waals surface area contributed by atoms with Crippen LogP contribution in [0, 0.1) is 0 Å². The Kier molecular flexibility index (Phi) is 2.33. The minimum absolute atomic E-state index is 0.349. The molecule has 2 nitrogen and oxygen atoms in total. The minimum atomic E-state index is 0.349. The first-order valence-corrected chi connectivity index (χ1v) is 3.50. The van der Waals surface area contributed by atoms with E-state index in [0.717, 1.165) is 11.8 Å². The van der Waals surface area contributed by atoms with E-state index in [-0.39, 0.29) is 0 Å². The van der Waals surface area contributed by atoms with Crippen LogP contribution in [0.1, 0.15) is 15.9 Å². The summed E-state index contributed by atoms with van der Waals surface area (Å²) < 4.78 is 0. The summed E-state index contributed by atoms with van der Waals surface area (Å²) in [5.41, 5.74) is 6.76. The Morgan fingerprint density at radius 3 is 2.27 bits per heavy atom. The van der Waals surface area contributed by atoms with E-state index in [9.17, 15) is 4.79 Å². The van der Waals surface area contributed by atoms with E-state index in [1.54, 1.807) is 24.3 Å². The fraction of sp³-hybridized carbons (Fsp3) is 0. The van der Waals surface area contributed by atoms with Crippen molar-refractivity contribution in [2.75, 3.05) is 0 Å². The van der Waals surface area contributed by atoms with Crippen LogP contribution in [0.4, 0.5) is 0 Å². The molecule has 0 heterocycles. The SMILES string of the molecule is NC(=S)c1ccc(C=O)cc1. The monoisotopic (exact) mass is 165 g/mol. The number of carbonyl (C=O) groups is 1. The van der Waals surface area contributed by atoms with Gasteiger partial charge in [-0.1, -0.05) is 36.5 Å². The summed E-state index contributed by atoms with van der Waals surface area (Å²) in [7, 11) is 0. The average molecular weight is 165 g/mol. The van der Waals surface area contributed by atoms with E-state index >= 15 is 0 Å². The Labute approximate surface area is 70.0 Å². The molecular weight excluding hydrogens is 158 g/mol. The molecule has 0 atom stereocenters. The van der Waals surface area contributed by atoms with Gasteiger partial charge in [0.2, 0.25) is 0 Å². The second-order valence-electron chi connectivity index (χ2n) is 2.10. The summed E-state index contributed by atoms with van der Waals surface area (Å²) >= 11 is 4.73. The zero-order valence-electron chi connectivity index (χ0n) is 5.78. The summed E-state index contributed by atoms with van der Waals surface area (Å²) in [6.07, 6.45) is 0.781. The molecule has 0 bridgehead atoms. The fourth-order valence-corrected chi connectivity index (χ4v) is 0.862. The lowest BCUT2D eigenvalue weighted by atomic mass is 10.1. The molecule has 56 valence electrons. The van der Waals surface area contributed by atoms with Gasteiger partial charge in [-0.3, -0.25) is 4.79 Å². The number of carbonyl (C=O) groups excluding carboxylic acids is 1. The van der Waals surface area contributed by atoms with E-state index < -0.39 is 0 Å². The van der Waals surface area contributed by atoms with Crippen molar-refractivity contribution in [1.82, 2.24) is 0 Å². The summed E-state index contributed by atoms with van der Waals surface area (Å²) in [6, 6.07) is 6.82. The van der Waals surface area contributed by atoms with Crippen molar-refractivity contribution in [2.24, 2.45) is 5.73 Å². The van der Waals surface area contributed by atoms with Crippen molar-refractivity contribution < 1.29 is 4.79 Å². The molecule has 0 saturated heterocycles. The van der Waals surface area contributed by atoms with Crippen molar-refractivity contribution in [2.45, 2.75) is 0 Å². The first-order chi connectivity index (χ1) is 5.24. The van der Waals surface area contributed by atoms with E-state index in [1.165, 1.54) is 0 Å². The van der Waals surface area contributed by atoms with Gasteiger partial charge in [-0.15, -0.1) is 0 Å². The Bertz CT molecular complexity index is 279. The normalized spacial score (nSPS) is 9.09. The topological polar surface area (TPSA) is 43.1 Å². The molecule has 11 heavy (non-hydrogen) atoms. The minimum Gasteiger partial charge on any atom is -0.389 e. The van der Waals surface area contributed by atoms with Gasteiger partial charge in [0.25, 0.3) is 0 Å². The van der Waals surface area contributed by atoms with E-state index in [2.05, 4.69) is 0 Å². The number of aldehydes is 1. The summed E-state index contributed by atoms with van der Waals surface area (Å²) in [6.45, 7) is 0. The molecule has 0 aliphatic rings. The van der Waals surface area contributed by atoms with E-state index in [4.69, 9.17) is 18.0 Å². The van der Waals surface area contributed by atoms with Crippen molar-refractivity contribution in [3.63, 3.8) is 0 Å². The Morgan fingerprint density at radius 1 is 1.36 bits per heavy atom. The molecule has 1 aromatic rings. The molecule has 0 spiro atoms. The molecule has 1 rings (SSSR count). The fourth-order valence-electron chi connectivity index (χ4n) is 0.726. The Morgan fingerprint density at radius 2 is 1.91 bits per heavy atom. The molecule has 0 amide bonds. The van der Waals surface area contributed by atoms with Crippen molar-refractivity contribution >= 4 is 23.5 Å². The third-order valence-electron chi connectivity index (χ3n) is 1.33. The molecule has 0 fully saturated rings. The number of hydrogen-bond donors (Lipinski definition) is 1. The van der Waals surface area contributed by atoms with Gasteiger partial charge in [-0.05, 0) is 0 Å². The standard InChI is InChI=1S/C8H7NOS/c9-8(11)7-3-1-6(5-10)2-4-7/h1-5H,(H2,9,11). The maximum absolute atomic E-state index is 10.2. The lowest BCUT2D eigenvalue weighted by Gasteiger charge is -1.95. The highest BCUT2D eigenvalue weighted by molar-refractivity contribution is 7.80. The quantitative estimate of drug-likeness (QED) is 0.527. The highest BCUT2D eigenvalue weighted by atomic mass is 32.1. The number of benzene rings is 1. The van der Waals surface area contributed by atoms with Gasteiger partial charge in [0, 0.05) is 11.1 Å². The largest absolute Gasteiger partial charge is 0.389 e. The molecule has 0 aliphatic carbocycles. The van der Waals surface area contributed by atoms with Crippen LogP contribution in [0.5, 0.6) is 0 Å². The molecule has 0 aliphatic heterocycles. The number of nitrogens with two attached hydrogens (primary N) is 1. The van der Waals surface area contributed by atoms with Crippen LogP contribution < -0.4 is 5.73 Å². The van der Waals surface area contributed by atoms with Crippen LogP contribution in [0.2, 0.25) is 0 Å². The third kappa shape index (κ3) is 1.85. The predicted molar refractivity (Wildman–Crippen MR) is 47.7 cm³/mol. The summed E-state index contributed by atoms with van der Waals surface area (Å²) in [4.78, 5) is 10.6. The second kappa shape index (κ2) is 3.25. The van der Waals surface area contributed by atoms with Gasteiger partial charge in [-0.2, -0.15) is 0 Å². The molecule has 1 aromatic carbocycles. The van der Waals surface area contributed by atoms with Crippen molar-refractivity contribution in [3.8, 4) is 0 Å². The molecule has 2 N–H and O–H groups in total. The lowest BCUT2D eigenvalue weighted by Crippen LogP contribution is -2.08. The number of thiocarbonyl (C=S) groups is 1. The van der Waals surface area contributed by atoms with Crippen LogP contribution in [-0.4, -0.2) is 11.3 Å². The average Bonchev–Trinajstić information content (AvgIpc) is 2.05. The first kappa shape index (κ1) is 7.88. The number of hydrogen-bond acceptors (Lipinski definition) is 2. The molecule has 0 unspecified atom stereocenters. The van der Waals surface area contributed by atoms with Gasteiger partial charge in [0.15, 0.2) is 0 Å². The number of rotatable bonds is 2. The molecule has 0 saturated carbocycles. The smallest absolute Gasteiger partial charge is 0.150 e. The maximum atomic E-state index is 10.2. The van der Waals surface area contributed by atoms with Gasteiger partial charge < -0.3 is 5.73 Å². The highest BCUT2D eigenvalue weighted by Gasteiger charge is 1.94. The molecule has 3 heteroatoms. The van der Waals surface area contributed by atoms with Crippen LogP contribution in [0.3, 0.4) is 0 Å². The van der Waals surface area contributed by atoms with Crippen LogP contribution in [0.25, 0.3) is 0 Å². The Hall–Kier alpha value is -1.22. The van der Waals surface area contributed by atoms with Crippen molar-refractivity contribution in [3.05, 3.63) is 35.4 Å². The summed E-state index contributed by atoms with van der Waals surface area (Å²) in [5, 5.41) is 0. The maximum Gasteiger partial charge on any atom is 0.150 e. The third-order valence-corrected chi connectivity index (χ3v) is 1.57. The molecular formula is C8H7NOS. The van der Waals surface area contributed by atoms with Crippen LogP contribution in [0.15, 0.2) is 24.3 Å². The van der Waals surface area contributed by atoms with Gasteiger partial charge in [0.1, 0.15) is 11.3 Å². The predicted octanol–water partition coefficient (Wildman–Crippen LogP) is 1.13. The van der Waals surface area contributed by atoms with Gasteiger partial charge in [-0.25, -0.2) is 0 Å². The zero-order valence-corrected chi connectivity index (χ0v) is 6.60. The molecule has 0 aromatic heterocycles. The summed E-state index contributed by atoms with van der Waals surface area (Å²) in [5.74, 6) is 0. The van der Waals surface area contributed by atoms with Gasteiger partial charge in [0.05, 0.1) is 0 Å². The van der Waals surface area contributed by atoms with E-state index in [0.29, 0.717) is 10.6 Å². The second-order valence-corrected chi connectivity index (χ2v) is 2.54. The lowest BCUT2D eigenvalue weighted by molar-refractivity contribution is 0.112. The van der Waals surface area contributed by atoms with Crippen LogP contribution in [-0.2, 0) is 0 Å².